The van der Waals surface area contributed by atoms with Gasteiger partial charge in [-0.1, -0.05) is 19.1 Å². The number of carbonyl (C=O) groups is 2. The predicted octanol–water partition coefficient (Wildman–Crippen LogP) is 2.85. The van der Waals surface area contributed by atoms with Crippen molar-refractivity contribution in [2.24, 2.45) is 23.7 Å². The van der Waals surface area contributed by atoms with E-state index in [1.165, 1.54) is 0 Å². The molecular weight excluding hydrogens is 308 g/mol. The number of carboxylic acid groups (broad SMARTS) is 1. The minimum atomic E-state index is -0.897. The standard InChI is InChI=1S/C18H18N2O4/c1-2-14-20-12-8-11(5-6-13(12)24-14)19-17(21)15-9-3-4-10(7-9)16(15)18(22)23/h3-6,8-10,15-16H,2,7H2,1H3,(H,19,21)(H,22,23). The maximum atomic E-state index is 12.7. The number of amides is 1. The maximum Gasteiger partial charge on any atom is 0.307 e. The first-order chi connectivity index (χ1) is 11.6. The molecule has 1 aromatic heterocycles. The number of oxazole rings is 1. The summed E-state index contributed by atoms with van der Waals surface area (Å²) in [7, 11) is 0. The number of aryl methyl sites for hydroxylation is 1. The van der Waals surface area contributed by atoms with Crippen LogP contribution in [0.25, 0.3) is 11.1 Å². The van der Waals surface area contributed by atoms with Crippen LogP contribution in [0.3, 0.4) is 0 Å². The molecule has 4 unspecified atom stereocenters. The van der Waals surface area contributed by atoms with Crippen molar-refractivity contribution in [2.45, 2.75) is 19.8 Å². The van der Waals surface area contributed by atoms with Gasteiger partial charge < -0.3 is 14.8 Å². The van der Waals surface area contributed by atoms with Crippen LogP contribution in [-0.2, 0) is 16.0 Å². The van der Waals surface area contributed by atoms with E-state index < -0.39 is 17.8 Å². The summed E-state index contributed by atoms with van der Waals surface area (Å²) in [4.78, 5) is 28.6. The third-order valence-electron chi connectivity index (χ3n) is 5.05. The molecule has 4 atom stereocenters. The molecule has 2 aliphatic rings. The van der Waals surface area contributed by atoms with Crippen LogP contribution >= 0.6 is 0 Å². The molecule has 2 bridgehead atoms. The average Bonchev–Trinajstić information content (AvgIpc) is 3.26. The number of carbonyl (C=O) groups excluding carboxylic acids is 1. The van der Waals surface area contributed by atoms with Crippen molar-refractivity contribution >= 4 is 28.7 Å². The highest BCUT2D eigenvalue weighted by Gasteiger charge is 2.51. The third-order valence-corrected chi connectivity index (χ3v) is 5.05. The number of allylic oxidation sites excluding steroid dienone is 2. The van der Waals surface area contributed by atoms with Crippen LogP contribution in [0.1, 0.15) is 19.2 Å². The van der Waals surface area contributed by atoms with Gasteiger partial charge in [-0.25, -0.2) is 4.98 Å². The zero-order valence-electron chi connectivity index (χ0n) is 13.2. The molecule has 1 heterocycles. The van der Waals surface area contributed by atoms with E-state index in [1.807, 2.05) is 19.1 Å². The lowest BCUT2D eigenvalue weighted by atomic mass is 9.82. The van der Waals surface area contributed by atoms with Crippen molar-refractivity contribution in [3.8, 4) is 0 Å². The summed E-state index contributed by atoms with van der Waals surface area (Å²) in [6.07, 6.45) is 5.36. The van der Waals surface area contributed by atoms with Crippen LogP contribution in [0.15, 0.2) is 34.8 Å². The highest BCUT2D eigenvalue weighted by atomic mass is 16.4. The molecule has 1 amide bonds. The van der Waals surface area contributed by atoms with Crippen molar-refractivity contribution in [1.82, 2.24) is 4.98 Å². The Morgan fingerprint density at radius 3 is 2.75 bits per heavy atom. The Kier molecular flexibility index (Phi) is 3.40. The molecule has 2 N–H and O–H groups in total. The van der Waals surface area contributed by atoms with Crippen LogP contribution in [0, 0.1) is 23.7 Å². The first-order valence-corrected chi connectivity index (χ1v) is 8.18. The molecule has 2 aromatic rings. The topological polar surface area (TPSA) is 92.4 Å². The second-order valence-corrected chi connectivity index (χ2v) is 6.47. The smallest absolute Gasteiger partial charge is 0.307 e. The summed E-state index contributed by atoms with van der Waals surface area (Å²) >= 11 is 0. The van der Waals surface area contributed by atoms with Gasteiger partial charge in [0.1, 0.15) is 5.52 Å². The molecular formula is C18H18N2O4. The molecule has 6 heteroatoms. The molecule has 6 nitrogen and oxygen atoms in total. The number of hydrogen-bond donors (Lipinski definition) is 2. The van der Waals surface area contributed by atoms with E-state index in [4.69, 9.17) is 4.42 Å². The van der Waals surface area contributed by atoms with Gasteiger partial charge >= 0.3 is 5.97 Å². The van der Waals surface area contributed by atoms with Crippen molar-refractivity contribution in [3.05, 3.63) is 36.2 Å². The Hall–Kier alpha value is -2.63. The number of nitrogens with one attached hydrogen (secondary N) is 1. The number of fused-ring (bicyclic) bond motifs is 3. The number of benzene rings is 1. The van der Waals surface area contributed by atoms with E-state index in [2.05, 4.69) is 10.3 Å². The average molecular weight is 326 g/mol. The van der Waals surface area contributed by atoms with Gasteiger partial charge in [0.05, 0.1) is 11.8 Å². The Balaban J connectivity index is 1.57. The maximum absolute atomic E-state index is 12.7. The monoisotopic (exact) mass is 326 g/mol. The molecule has 4 rings (SSSR count). The van der Waals surface area contributed by atoms with Gasteiger partial charge in [-0.15, -0.1) is 0 Å². The molecule has 1 aromatic carbocycles. The number of anilines is 1. The van der Waals surface area contributed by atoms with Gasteiger partial charge in [0.25, 0.3) is 0 Å². The number of nitrogens with zero attached hydrogens (tertiary/aromatic N) is 1. The molecule has 1 fully saturated rings. The summed E-state index contributed by atoms with van der Waals surface area (Å²) in [5.74, 6) is -1.66. The van der Waals surface area contributed by atoms with Crippen molar-refractivity contribution < 1.29 is 19.1 Å². The van der Waals surface area contributed by atoms with E-state index in [1.54, 1.807) is 18.2 Å². The van der Waals surface area contributed by atoms with Gasteiger partial charge in [0.2, 0.25) is 5.91 Å². The van der Waals surface area contributed by atoms with E-state index in [9.17, 15) is 14.7 Å². The SMILES string of the molecule is CCc1nc2cc(NC(=O)C3C4C=CC(C4)C3C(=O)O)ccc2o1. The van der Waals surface area contributed by atoms with E-state index in [-0.39, 0.29) is 17.7 Å². The molecule has 24 heavy (non-hydrogen) atoms. The molecule has 0 radical (unpaired) electrons. The first-order valence-electron chi connectivity index (χ1n) is 8.18. The normalized spacial score (nSPS) is 27.7. The van der Waals surface area contributed by atoms with Crippen LogP contribution < -0.4 is 5.32 Å². The van der Waals surface area contributed by atoms with E-state index in [0.29, 0.717) is 29.1 Å². The number of aliphatic carboxylic acids is 1. The van der Waals surface area contributed by atoms with Gasteiger partial charge in [-0.3, -0.25) is 9.59 Å². The lowest BCUT2D eigenvalue weighted by Gasteiger charge is -2.23. The third kappa shape index (κ3) is 2.29. The van der Waals surface area contributed by atoms with Gasteiger partial charge in [-0.05, 0) is 36.5 Å². The fourth-order valence-corrected chi connectivity index (χ4v) is 3.95. The number of aromatic nitrogens is 1. The second kappa shape index (κ2) is 5.47. The van der Waals surface area contributed by atoms with Gasteiger partial charge in [0.15, 0.2) is 11.5 Å². The molecule has 0 aliphatic heterocycles. The number of rotatable bonds is 4. The van der Waals surface area contributed by atoms with E-state index in [0.717, 1.165) is 6.42 Å². The summed E-state index contributed by atoms with van der Waals surface area (Å²) in [6, 6.07) is 5.28. The lowest BCUT2D eigenvalue weighted by molar-refractivity contribution is -0.146. The number of carboxylic acids is 1. The van der Waals surface area contributed by atoms with Crippen molar-refractivity contribution in [2.75, 3.05) is 5.32 Å². The molecule has 0 spiro atoms. The fraction of sp³-hybridized carbons (Fsp3) is 0.389. The Bertz CT molecular complexity index is 854. The minimum Gasteiger partial charge on any atom is -0.481 e. The first kappa shape index (κ1) is 14.9. The quantitative estimate of drug-likeness (QED) is 0.843. The zero-order chi connectivity index (χ0) is 16.8. The molecule has 2 aliphatic carbocycles. The van der Waals surface area contributed by atoms with Gasteiger partial charge in [0, 0.05) is 12.1 Å². The fourth-order valence-electron chi connectivity index (χ4n) is 3.95. The lowest BCUT2D eigenvalue weighted by Crippen LogP contribution is -2.36. The zero-order valence-corrected chi connectivity index (χ0v) is 13.2. The summed E-state index contributed by atoms with van der Waals surface area (Å²) in [5, 5.41) is 12.3. The van der Waals surface area contributed by atoms with E-state index >= 15 is 0 Å². The van der Waals surface area contributed by atoms with Crippen LogP contribution in [0.4, 0.5) is 5.69 Å². The largest absolute Gasteiger partial charge is 0.481 e. The summed E-state index contributed by atoms with van der Waals surface area (Å²) in [6.45, 7) is 1.96. The highest BCUT2D eigenvalue weighted by Crippen LogP contribution is 2.48. The van der Waals surface area contributed by atoms with Gasteiger partial charge in [-0.2, -0.15) is 0 Å². The van der Waals surface area contributed by atoms with Crippen molar-refractivity contribution in [3.63, 3.8) is 0 Å². The van der Waals surface area contributed by atoms with Crippen molar-refractivity contribution in [1.29, 1.82) is 0 Å². The Morgan fingerprint density at radius 2 is 2.04 bits per heavy atom. The van der Waals surface area contributed by atoms with Crippen LogP contribution in [0.5, 0.6) is 0 Å². The number of hydrogen-bond acceptors (Lipinski definition) is 4. The predicted molar refractivity (Wildman–Crippen MR) is 87.4 cm³/mol. The minimum absolute atomic E-state index is 0.0126. The molecule has 124 valence electrons. The van der Waals surface area contributed by atoms with Crippen LogP contribution in [0.2, 0.25) is 0 Å². The second-order valence-electron chi connectivity index (χ2n) is 6.47. The molecule has 0 saturated heterocycles. The highest BCUT2D eigenvalue weighted by molar-refractivity contribution is 5.97. The Morgan fingerprint density at radius 1 is 1.29 bits per heavy atom. The Labute approximate surface area is 138 Å². The van der Waals surface area contributed by atoms with Crippen LogP contribution in [-0.4, -0.2) is 22.0 Å². The molecule has 1 saturated carbocycles. The summed E-state index contributed by atoms with van der Waals surface area (Å²) < 4.78 is 5.56. The summed E-state index contributed by atoms with van der Waals surface area (Å²) in [5.41, 5.74) is 1.97.